The summed E-state index contributed by atoms with van der Waals surface area (Å²) >= 11 is 0. The van der Waals surface area contributed by atoms with Gasteiger partial charge in [-0.25, -0.2) is 0 Å². The van der Waals surface area contributed by atoms with E-state index in [4.69, 9.17) is 31.8 Å². The average Bonchev–Trinajstić information content (AvgIpc) is 2.65. The highest BCUT2D eigenvalue weighted by Gasteiger charge is 2.28. The molecule has 15 heteroatoms. The molecule has 0 spiro atoms. The number of anilines is 6. The van der Waals surface area contributed by atoms with E-state index in [2.05, 4.69) is 35.2 Å². The van der Waals surface area contributed by atoms with Gasteiger partial charge in [0.25, 0.3) is 0 Å². The van der Waals surface area contributed by atoms with Crippen molar-refractivity contribution >= 4 is 44.3 Å². The van der Waals surface area contributed by atoms with Crippen molar-refractivity contribution in [2.45, 2.75) is 19.0 Å². The summed E-state index contributed by atoms with van der Waals surface area (Å²) in [6, 6.07) is 0.792. The maximum Gasteiger partial charge on any atom is 0.334 e. The lowest BCUT2D eigenvalue weighted by Gasteiger charge is -2.26. The largest absolute Gasteiger partial charge is 0.398 e. The molecule has 0 aromatic carbocycles. The molecule has 0 amide bonds. The monoisotopic (exact) mass is 424 g/mol. The Balaban J connectivity index is 2.05. The van der Waals surface area contributed by atoms with Crippen molar-refractivity contribution in [3.8, 4) is 0 Å². The van der Waals surface area contributed by atoms with Crippen LogP contribution in [0, 0.1) is 0 Å². The van der Waals surface area contributed by atoms with Crippen molar-refractivity contribution in [1.29, 1.82) is 0 Å². The molecular formula is C14H28N12O2Si. The molecule has 0 fully saturated rings. The van der Waals surface area contributed by atoms with Crippen molar-refractivity contribution in [2.24, 2.45) is 0 Å². The SMILES string of the molecule is CO[Si](C)(CCCN(CCNc1nc(N)nc(N)n1)c1nc(N)nc(N)n1)OC. The minimum Gasteiger partial charge on any atom is -0.398 e. The van der Waals surface area contributed by atoms with Crippen LogP contribution in [0.1, 0.15) is 6.42 Å². The Labute approximate surface area is 169 Å². The predicted molar refractivity (Wildman–Crippen MR) is 113 cm³/mol. The van der Waals surface area contributed by atoms with Gasteiger partial charge in [0.05, 0.1) is 0 Å². The second kappa shape index (κ2) is 9.94. The average molecular weight is 425 g/mol. The second-order valence-electron chi connectivity index (χ2n) is 6.29. The lowest BCUT2D eigenvalue weighted by atomic mass is 10.4. The first kappa shape index (κ1) is 22.2. The number of nitrogens with two attached hydrogens (primary N) is 4. The van der Waals surface area contributed by atoms with Gasteiger partial charge in [0.2, 0.25) is 35.7 Å². The molecule has 0 saturated carbocycles. The predicted octanol–water partition coefficient (Wildman–Crippen LogP) is -0.941. The van der Waals surface area contributed by atoms with E-state index in [9.17, 15) is 0 Å². The zero-order valence-corrected chi connectivity index (χ0v) is 17.8. The minimum absolute atomic E-state index is 0.0400. The number of nitrogens with one attached hydrogen (secondary N) is 1. The van der Waals surface area contributed by atoms with Crippen LogP contribution < -0.4 is 33.2 Å². The number of nitrogen functional groups attached to an aromatic ring is 4. The zero-order valence-electron chi connectivity index (χ0n) is 16.8. The highest BCUT2D eigenvalue weighted by Crippen LogP contribution is 2.17. The molecule has 0 bridgehead atoms. The van der Waals surface area contributed by atoms with Gasteiger partial charge in [-0.2, -0.15) is 29.9 Å². The van der Waals surface area contributed by atoms with E-state index in [1.54, 1.807) is 14.2 Å². The topological polar surface area (TPSA) is 215 Å². The summed E-state index contributed by atoms with van der Waals surface area (Å²) in [5.74, 6) is 0.845. The Morgan fingerprint density at radius 1 is 0.828 bits per heavy atom. The highest BCUT2D eigenvalue weighted by atomic mass is 28.4. The Kier molecular flexibility index (Phi) is 7.63. The van der Waals surface area contributed by atoms with E-state index >= 15 is 0 Å². The van der Waals surface area contributed by atoms with Crippen LogP contribution in [0.3, 0.4) is 0 Å². The van der Waals surface area contributed by atoms with Crippen LogP contribution in [0.25, 0.3) is 0 Å². The fourth-order valence-electron chi connectivity index (χ4n) is 2.52. The lowest BCUT2D eigenvalue weighted by Crippen LogP contribution is -2.38. The summed E-state index contributed by atoms with van der Waals surface area (Å²) in [4.78, 5) is 25.8. The smallest absolute Gasteiger partial charge is 0.334 e. The standard InChI is InChI=1S/C14H28N12O2Si/c1-27-29(3,28-2)8-4-6-26(14-24-11(17)21-12(18)25-14)7-5-19-13-22-9(15)20-10(16)23-13/h4-8H2,1-3H3,(H4,17,18,21,24,25)(H5,15,16,19,20,22,23). The summed E-state index contributed by atoms with van der Waals surface area (Å²) < 4.78 is 11.1. The van der Waals surface area contributed by atoms with Crippen LogP contribution in [0.15, 0.2) is 0 Å². The summed E-state index contributed by atoms with van der Waals surface area (Å²) in [5, 5.41) is 3.05. The van der Waals surface area contributed by atoms with E-state index in [1.807, 2.05) is 11.4 Å². The van der Waals surface area contributed by atoms with E-state index in [-0.39, 0.29) is 29.7 Å². The molecule has 0 aliphatic carbocycles. The van der Waals surface area contributed by atoms with Crippen molar-refractivity contribution in [1.82, 2.24) is 29.9 Å². The van der Waals surface area contributed by atoms with Crippen molar-refractivity contribution in [3.05, 3.63) is 0 Å². The van der Waals surface area contributed by atoms with Crippen LogP contribution in [0.4, 0.5) is 35.7 Å². The first-order valence-electron chi connectivity index (χ1n) is 8.88. The number of hydrogen-bond acceptors (Lipinski definition) is 14. The minimum atomic E-state index is -2.18. The normalized spacial score (nSPS) is 11.4. The molecule has 2 rings (SSSR count). The summed E-state index contributed by atoms with van der Waals surface area (Å²) in [5.41, 5.74) is 22.6. The summed E-state index contributed by atoms with van der Waals surface area (Å²) in [6.07, 6.45) is 0.793. The van der Waals surface area contributed by atoms with Crippen molar-refractivity contribution in [3.63, 3.8) is 0 Å². The first-order chi connectivity index (χ1) is 13.7. The third-order valence-electron chi connectivity index (χ3n) is 4.20. The molecule has 0 aliphatic rings. The summed E-state index contributed by atoms with van der Waals surface area (Å²) in [6.45, 7) is 3.60. The van der Waals surface area contributed by atoms with Gasteiger partial charge < -0.3 is 42.0 Å². The number of hydrogen-bond donors (Lipinski definition) is 5. The quantitative estimate of drug-likeness (QED) is 0.275. The van der Waals surface area contributed by atoms with Gasteiger partial charge in [-0.3, -0.25) is 0 Å². The van der Waals surface area contributed by atoms with Crippen LogP contribution in [0.5, 0.6) is 0 Å². The van der Waals surface area contributed by atoms with Crippen LogP contribution >= 0.6 is 0 Å². The van der Waals surface area contributed by atoms with Crippen LogP contribution in [0.2, 0.25) is 12.6 Å². The molecule has 0 saturated heterocycles. The Morgan fingerprint density at radius 3 is 1.86 bits per heavy atom. The Bertz CT molecular complexity index is 766. The van der Waals surface area contributed by atoms with Gasteiger partial charge in [-0.05, 0) is 19.0 Å². The Morgan fingerprint density at radius 2 is 1.34 bits per heavy atom. The fraction of sp³-hybridized carbons (Fsp3) is 0.571. The van der Waals surface area contributed by atoms with E-state index in [0.29, 0.717) is 25.6 Å². The molecule has 9 N–H and O–H groups in total. The van der Waals surface area contributed by atoms with Gasteiger partial charge in [0.1, 0.15) is 0 Å². The third-order valence-corrected chi connectivity index (χ3v) is 7.19. The van der Waals surface area contributed by atoms with Gasteiger partial charge in [0, 0.05) is 33.9 Å². The molecular weight excluding hydrogens is 396 g/mol. The lowest BCUT2D eigenvalue weighted by molar-refractivity contribution is 0.248. The second-order valence-corrected chi connectivity index (χ2v) is 9.87. The third kappa shape index (κ3) is 6.81. The molecule has 0 atom stereocenters. The Hall–Kier alpha value is -3.04. The van der Waals surface area contributed by atoms with Crippen LogP contribution in [-0.4, -0.2) is 72.3 Å². The highest BCUT2D eigenvalue weighted by molar-refractivity contribution is 6.65. The number of nitrogens with zero attached hydrogens (tertiary/aromatic N) is 7. The van der Waals surface area contributed by atoms with Crippen molar-refractivity contribution < 1.29 is 8.85 Å². The van der Waals surface area contributed by atoms with Crippen LogP contribution in [-0.2, 0) is 8.85 Å². The molecule has 2 heterocycles. The number of rotatable bonds is 11. The molecule has 160 valence electrons. The zero-order chi connectivity index (χ0) is 21.4. The van der Waals surface area contributed by atoms with Gasteiger partial charge in [0.15, 0.2) is 0 Å². The van der Waals surface area contributed by atoms with Gasteiger partial charge >= 0.3 is 8.56 Å². The molecule has 29 heavy (non-hydrogen) atoms. The summed E-state index contributed by atoms with van der Waals surface area (Å²) in [7, 11) is 1.14. The van der Waals surface area contributed by atoms with Gasteiger partial charge in [-0.1, -0.05) is 0 Å². The van der Waals surface area contributed by atoms with E-state index < -0.39 is 8.56 Å². The molecule has 2 aromatic heterocycles. The molecule has 2 aromatic rings. The maximum absolute atomic E-state index is 5.72. The molecule has 14 nitrogen and oxygen atoms in total. The maximum atomic E-state index is 5.72. The van der Waals surface area contributed by atoms with Gasteiger partial charge in [-0.15, -0.1) is 0 Å². The van der Waals surface area contributed by atoms with E-state index in [0.717, 1.165) is 12.5 Å². The first-order valence-corrected chi connectivity index (χ1v) is 11.4. The van der Waals surface area contributed by atoms with Crippen molar-refractivity contribution in [2.75, 3.05) is 67.0 Å². The molecule has 0 unspecified atom stereocenters. The number of aromatic nitrogens is 6. The molecule has 0 radical (unpaired) electrons. The van der Waals surface area contributed by atoms with E-state index in [1.165, 1.54) is 0 Å². The fourth-order valence-corrected chi connectivity index (χ4v) is 3.90. The molecule has 0 aliphatic heterocycles.